The maximum atomic E-state index is 10.5. The summed E-state index contributed by atoms with van der Waals surface area (Å²) in [5, 5.41) is 10.5. The summed E-state index contributed by atoms with van der Waals surface area (Å²) in [7, 11) is 0. The van der Waals surface area contributed by atoms with Crippen LogP contribution in [-0.2, 0) is 12.0 Å². The molecule has 0 aromatic heterocycles. The number of fused-ring (bicyclic) bond motifs is 1. The maximum Gasteiger partial charge on any atom is 0.0933 e. The van der Waals surface area contributed by atoms with Crippen molar-refractivity contribution in [3.05, 3.63) is 48.0 Å². The minimum atomic E-state index is -0.656. The van der Waals surface area contributed by atoms with E-state index in [1.165, 1.54) is 5.56 Å². The molecule has 74 valence electrons. The number of aryl methyl sites for hydroxylation is 1. The first kappa shape index (κ1) is 9.47. The summed E-state index contributed by atoms with van der Waals surface area (Å²) in [4.78, 5) is 0. The van der Waals surface area contributed by atoms with Crippen LogP contribution in [-0.4, -0.2) is 5.11 Å². The molecule has 1 aromatic rings. The lowest BCUT2D eigenvalue weighted by molar-refractivity contribution is 0.0218. The molecule has 0 heterocycles. The van der Waals surface area contributed by atoms with E-state index < -0.39 is 5.60 Å². The molecule has 0 saturated carbocycles. The Bertz CT molecular complexity index is 343. The predicted molar refractivity (Wildman–Crippen MR) is 58.1 cm³/mol. The fraction of sp³-hybridized carbons (Fsp3) is 0.385. The SMILES string of the molecule is C=CC[C@]1(O)CCCc2ccccc21. The van der Waals surface area contributed by atoms with Crippen molar-refractivity contribution in [3.63, 3.8) is 0 Å². The van der Waals surface area contributed by atoms with Gasteiger partial charge in [-0.3, -0.25) is 0 Å². The van der Waals surface area contributed by atoms with Gasteiger partial charge in [-0.25, -0.2) is 0 Å². The zero-order valence-corrected chi connectivity index (χ0v) is 8.37. The lowest BCUT2D eigenvalue weighted by Crippen LogP contribution is -2.29. The average molecular weight is 188 g/mol. The molecule has 0 radical (unpaired) electrons. The van der Waals surface area contributed by atoms with Crippen LogP contribution in [0.25, 0.3) is 0 Å². The Morgan fingerprint density at radius 3 is 3.00 bits per heavy atom. The third-order valence-corrected chi connectivity index (χ3v) is 3.04. The molecule has 1 aromatic carbocycles. The third kappa shape index (κ3) is 1.48. The first-order valence-corrected chi connectivity index (χ1v) is 5.18. The van der Waals surface area contributed by atoms with E-state index in [4.69, 9.17) is 0 Å². The molecule has 1 heteroatoms. The van der Waals surface area contributed by atoms with E-state index in [0.717, 1.165) is 24.8 Å². The Labute approximate surface area is 85.1 Å². The predicted octanol–water partition coefficient (Wildman–Crippen LogP) is 2.79. The van der Waals surface area contributed by atoms with E-state index in [2.05, 4.69) is 12.6 Å². The van der Waals surface area contributed by atoms with Crippen LogP contribution in [0.2, 0.25) is 0 Å². The Morgan fingerprint density at radius 2 is 2.21 bits per heavy atom. The zero-order valence-electron chi connectivity index (χ0n) is 8.37. The topological polar surface area (TPSA) is 20.2 Å². The van der Waals surface area contributed by atoms with Gasteiger partial charge in [0, 0.05) is 0 Å². The molecule has 1 N–H and O–H groups in total. The molecule has 1 nitrogen and oxygen atoms in total. The van der Waals surface area contributed by atoms with Crippen LogP contribution < -0.4 is 0 Å². The van der Waals surface area contributed by atoms with Crippen molar-refractivity contribution in [2.45, 2.75) is 31.3 Å². The highest BCUT2D eigenvalue weighted by Gasteiger charge is 2.32. The van der Waals surface area contributed by atoms with Crippen molar-refractivity contribution in [1.29, 1.82) is 0 Å². The largest absolute Gasteiger partial charge is 0.385 e. The van der Waals surface area contributed by atoms with Gasteiger partial charge in [-0.1, -0.05) is 30.3 Å². The van der Waals surface area contributed by atoms with Crippen LogP contribution in [0.4, 0.5) is 0 Å². The first-order chi connectivity index (χ1) is 6.76. The van der Waals surface area contributed by atoms with Crippen molar-refractivity contribution in [1.82, 2.24) is 0 Å². The van der Waals surface area contributed by atoms with Crippen molar-refractivity contribution in [3.8, 4) is 0 Å². The number of aliphatic hydroxyl groups is 1. The highest BCUT2D eigenvalue weighted by atomic mass is 16.3. The summed E-state index contributed by atoms with van der Waals surface area (Å²) in [5.41, 5.74) is 1.74. The highest BCUT2D eigenvalue weighted by molar-refractivity contribution is 5.35. The van der Waals surface area contributed by atoms with Gasteiger partial charge in [-0.15, -0.1) is 6.58 Å². The third-order valence-electron chi connectivity index (χ3n) is 3.04. The number of benzene rings is 1. The smallest absolute Gasteiger partial charge is 0.0933 e. The normalized spacial score (nSPS) is 25.5. The van der Waals surface area contributed by atoms with Gasteiger partial charge in [-0.05, 0) is 36.8 Å². The highest BCUT2D eigenvalue weighted by Crippen LogP contribution is 2.37. The Morgan fingerprint density at radius 1 is 1.43 bits per heavy atom. The molecule has 1 aliphatic rings. The van der Waals surface area contributed by atoms with Gasteiger partial charge < -0.3 is 5.11 Å². The van der Waals surface area contributed by atoms with Gasteiger partial charge in [0.05, 0.1) is 5.60 Å². The van der Waals surface area contributed by atoms with Crippen LogP contribution in [0.3, 0.4) is 0 Å². The molecular weight excluding hydrogens is 172 g/mol. The minimum Gasteiger partial charge on any atom is -0.385 e. The number of hydrogen-bond donors (Lipinski definition) is 1. The minimum absolute atomic E-state index is 0.656. The molecule has 0 saturated heterocycles. The molecule has 0 aliphatic heterocycles. The standard InChI is InChI=1S/C13H16O/c1-2-9-13(14)10-5-7-11-6-3-4-8-12(11)13/h2-4,6,8,14H,1,5,7,9-10H2/t13-/m0/s1. The molecule has 14 heavy (non-hydrogen) atoms. The molecule has 2 rings (SSSR count). The Kier molecular flexibility index (Phi) is 2.42. The lowest BCUT2D eigenvalue weighted by Gasteiger charge is -2.33. The van der Waals surface area contributed by atoms with Crippen LogP contribution in [0.5, 0.6) is 0 Å². The van der Waals surface area contributed by atoms with Crippen LogP contribution >= 0.6 is 0 Å². The molecule has 1 atom stereocenters. The Balaban J connectivity index is 2.44. The molecular formula is C13H16O. The number of rotatable bonds is 2. The fourth-order valence-corrected chi connectivity index (χ4v) is 2.35. The zero-order chi connectivity index (χ0) is 10.0. The molecule has 1 aliphatic carbocycles. The summed E-state index contributed by atoms with van der Waals surface area (Å²) in [5.74, 6) is 0. The first-order valence-electron chi connectivity index (χ1n) is 5.18. The van der Waals surface area contributed by atoms with Gasteiger partial charge in [0.2, 0.25) is 0 Å². The van der Waals surface area contributed by atoms with Gasteiger partial charge >= 0.3 is 0 Å². The van der Waals surface area contributed by atoms with Gasteiger partial charge in [0.25, 0.3) is 0 Å². The van der Waals surface area contributed by atoms with E-state index in [1.54, 1.807) is 0 Å². The average Bonchev–Trinajstić information content (AvgIpc) is 2.19. The molecule has 0 amide bonds. The molecule has 0 spiro atoms. The van der Waals surface area contributed by atoms with Gasteiger partial charge in [0.15, 0.2) is 0 Å². The summed E-state index contributed by atoms with van der Waals surface area (Å²) >= 11 is 0. The summed E-state index contributed by atoms with van der Waals surface area (Å²) in [6.45, 7) is 3.71. The second kappa shape index (κ2) is 3.58. The summed E-state index contributed by atoms with van der Waals surface area (Å²) < 4.78 is 0. The number of hydrogen-bond acceptors (Lipinski definition) is 1. The van der Waals surface area contributed by atoms with E-state index in [9.17, 15) is 5.11 Å². The van der Waals surface area contributed by atoms with E-state index in [0.29, 0.717) is 6.42 Å². The second-order valence-corrected chi connectivity index (χ2v) is 4.04. The van der Waals surface area contributed by atoms with Crippen molar-refractivity contribution in [2.24, 2.45) is 0 Å². The molecule has 0 bridgehead atoms. The van der Waals surface area contributed by atoms with Gasteiger partial charge in [-0.2, -0.15) is 0 Å². The summed E-state index contributed by atoms with van der Waals surface area (Å²) in [6, 6.07) is 8.19. The van der Waals surface area contributed by atoms with E-state index >= 15 is 0 Å². The summed E-state index contributed by atoms with van der Waals surface area (Å²) in [6.07, 6.45) is 5.49. The molecule has 0 fully saturated rings. The second-order valence-electron chi connectivity index (χ2n) is 4.04. The fourth-order valence-electron chi connectivity index (χ4n) is 2.35. The van der Waals surface area contributed by atoms with Gasteiger partial charge in [0.1, 0.15) is 0 Å². The monoisotopic (exact) mass is 188 g/mol. The van der Waals surface area contributed by atoms with Crippen molar-refractivity contribution < 1.29 is 5.11 Å². The van der Waals surface area contributed by atoms with Crippen molar-refractivity contribution in [2.75, 3.05) is 0 Å². The van der Waals surface area contributed by atoms with Crippen LogP contribution in [0, 0.1) is 0 Å². The lowest BCUT2D eigenvalue weighted by atomic mass is 9.77. The van der Waals surface area contributed by atoms with Crippen LogP contribution in [0.1, 0.15) is 30.4 Å². The molecule has 0 unspecified atom stereocenters. The van der Waals surface area contributed by atoms with Crippen molar-refractivity contribution >= 4 is 0 Å². The van der Waals surface area contributed by atoms with Crippen LogP contribution in [0.15, 0.2) is 36.9 Å². The quantitative estimate of drug-likeness (QED) is 0.707. The Hall–Kier alpha value is -1.08. The maximum absolute atomic E-state index is 10.5. The van der Waals surface area contributed by atoms with E-state index in [1.807, 2.05) is 24.3 Å². The van der Waals surface area contributed by atoms with E-state index in [-0.39, 0.29) is 0 Å².